The van der Waals surface area contributed by atoms with Gasteiger partial charge in [-0.1, -0.05) is 31.2 Å². The van der Waals surface area contributed by atoms with E-state index in [0.29, 0.717) is 5.56 Å². The van der Waals surface area contributed by atoms with Crippen LogP contribution in [0.1, 0.15) is 25.0 Å². The Labute approximate surface area is 78.4 Å². The maximum absolute atomic E-state index is 9.60. The van der Waals surface area contributed by atoms with Gasteiger partial charge in [-0.15, -0.1) is 0 Å². The van der Waals surface area contributed by atoms with E-state index in [0.717, 1.165) is 6.42 Å². The molecule has 1 aromatic carbocycles. The van der Waals surface area contributed by atoms with Crippen LogP contribution in [-0.2, 0) is 12.0 Å². The second-order valence-electron chi connectivity index (χ2n) is 3.23. The molecule has 0 spiro atoms. The Morgan fingerprint density at radius 3 is 2.31 bits per heavy atom. The number of aryl methyl sites for hydroxylation is 1. The summed E-state index contributed by atoms with van der Waals surface area (Å²) in [5.74, 6) is 0. The van der Waals surface area contributed by atoms with Crippen LogP contribution in [0.4, 0.5) is 0 Å². The van der Waals surface area contributed by atoms with E-state index in [4.69, 9.17) is 5.26 Å². The van der Waals surface area contributed by atoms with Gasteiger partial charge in [-0.2, -0.15) is 5.26 Å². The molecule has 2 heteroatoms. The normalized spacial score (nSPS) is 14.6. The third-order valence-corrected chi connectivity index (χ3v) is 2.14. The lowest BCUT2D eigenvalue weighted by Gasteiger charge is -2.14. The Hall–Kier alpha value is -1.33. The van der Waals surface area contributed by atoms with Gasteiger partial charge in [-0.05, 0) is 24.5 Å². The van der Waals surface area contributed by atoms with Gasteiger partial charge in [0.1, 0.15) is 6.07 Å². The third-order valence-electron chi connectivity index (χ3n) is 2.14. The number of aliphatic hydroxyl groups is 1. The molecule has 1 unspecified atom stereocenters. The molecule has 1 atom stereocenters. The van der Waals surface area contributed by atoms with Gasteiger partial charge in [0.25, 0.3) is 0 Å². The first-order valence-electron chi connectivity index (χ1n) is 4.33. The number of nitriles is 1. The minimum atomic E-state index is -1.37. The zero-order valence-corrected chi connectivity index (χ0v) is 7.91. The lowest BCUT2D eigenvalue weighted by atomic mass is 9.96. The van der Waals surface area contributed by atoms with Crippen molar-refractivity contribution in [1.82, 2.24) is 0 Å². The molecule has 0 saturated heterocycles. The SMILES string of the molecule is CCc1ccc(C(C)(O)C#N)cc1. The van der Waals surface area contributed by atoms with Gasteiger partial charge in [0.05, 0.1) is 0 Å². The van der Waals surface area contributed by atoms with Gasteiger partial charge < -0.3 is 5.11 Å². The van der Waals surface area contributed by atoms with Crippen molar-refractivity contribution in [2.24, 2.45) is 0 Å². The van der Waals surface area contributed by atoms with Crippen molar-refractivity contribution in [3.05, 3.63) is 35.4 Å². The van der Waals surface area contributed by atoms with Crippen LogP contribution in [0.25, 0.3) is 0 Å². The summed E-state index contributed by atoms with van der Waals surface area (Å²) < 4.78 is 0. The van der Waals surface area contributed by atoms with Crippen molar-refractivity contribution in [2.75, 3.05) is 0 Å². The van der Waals surface area contributed by atoms with Crippen LogP contribution in [0.3, 0.4) is 0 Å². The van der Waals surface area contributed by atoms with Crippen LogP contribution in [0.2, 0.25) is 0 Å². The highest BCUT2D eigenvalue weighted by Crippen LogP contribution is 2.19. The predicted molar refractivity (Wildman–Crippen MR) is 51.0 cm³/mol. The molecule has 13 heavy (non-hydrogen) atoms. The van der Waals surface area contributed by atoms with Gasteiger partial charge in [0.15, 0.2) is 5.60 Å². The van der Waals surface area contributed by atoms with Crippen LogP contribution in [0.5, 0.6) is 0 Å². The zero-order valence-electron chi connectivity index (χ0n) is 7.91. The van der Waals surface area contributed by atoms with Crippen molar-refractivity contribution in [1.29, 1.82) is 5.26 Å². The first-order valence-corrected chi connectivity index (χ1v) is 4.33. The van der Waals surface area contributed by atoms with Gasteiger partial charge in [-0.25, -0.2) is 0 Å². The highest BCUT2D eigenvalue weighted by atomic mass is 16.3. The zero-order chi connectivity index (χ0) is 9.90. The van der Waals surface area contributed by atoms with Gasteiger partial charge >= 0.3 is 0 Å². The Morgan fingerprint density at radius 2 is 1.92 bits per heavy atom. The molecule has 0 aliphatic heterocycles. The Kier molecular flexibility index (Phi) is 2.69. The molecule has 1 rings (SSSR count). The molecule has 0 radical (unpaired) electrons. The molecule has 2 nitrogen and oxygen atoms in total. The molecule has 1 aromatic rings. The van der Waals surface area contributed by atoms with Crippen LogP contribution in [0, 0.1) is 11.3 Å². The largest absolute Gasteiger partial charge is 0.372 e. The second kappa shape index (κ2) is 3.59. The Balaban J connectivity index is 3.00. The molecule has 0 amide bonds. The van der Waals surface area contributed by atoms with Crippen LogP contribution in [-0.4, -0.2) is 5.11 Å². The maximum atomic E-state index is 9.60. The monoisotopic (exact) mass is 175 g/mol. The topological polar surface area (TPSA) is 44.0 Å². The van der Waals surface area contributed by atoms with Gasteiger partial charge in [-0.3, -0.25) is 0 Å². The molecule has 0 saturated carbocycles. The van der Waals surface area contributed by atoms with E-state index in [1.807, 2.05) is 18.2 Å². The molecular formula is C11H13NO. The smallest absolute Gasteiger partial charge is 0.173 e. The van der Waals surface area contributed by atoms with Crippen molar-refractivity contribution in [3.8, 4) is 6.07 Å². The van der Waals surface area contributed by atoms with E-state index in [1.54, 1.807) is 12.1 Å². The molecule has 0 aliphatic carbocycles. The summed E-state index contributed by atoms with van der Waals surface area (Å²) >= 11 is 0. The third kappa shape index (κ3) is 2.07. The number of rotatable bonds is 2. The average molecular weight is 175 g/mol. The fourth-order valence-corrected chi connectivity index (χ4v) is 1.13. The standard InChI is InChI=1S/C11H13NO/c1-3-9-4-6-10(7-5-9)11(2,13)8-12/h4-7,13H,3H2,1-2H3. The van der Waals surface area contributed by atoms with Crippen molar-refractivity contribution >= 4 is 0 Å². The molecule has 0 fully saturated rings. The highest BCUT2D eigenvalue weighted by Gasteiger charge is 2.21. The van der Waals surface area contributed by atoms with E-state index < -0.39 is 5.60 Å². The maximum Gasteiger partial charge on any atom is 0.173 e. The summed E-state index contributed by atoms with van der Waals surface area (Å²) in [6, 6.07) is 9.30. The minimum Gasteiger partial charge on any atom is -0.372 e. The molecular weight excluding hydrogens is 162 g/mol. The average Bonchev–Trinajstić information content (AvgIpc) is 2.18. The quantitative estimate of drug-likeness (QED) is 0.698. The summed E-state index contributed by atoms with van der Waals surface area (Å²) in [5, 5.41) is 18.3. The molecule has 68 valence electrons. The number of nitrogens with zero attached hydrogens (tertiary/aromatic N) is 1. The lowest BCUT2D eigenvalue weighted by Crippen LogP contribution is -2.17. The van der Waals surface area contributed by atoms with Crippen molar-refractivity contribution in [2.45, 2.75) is 25.9 Å². The second-order valence-corrected chi connectivity index (χ2v) is 3.23. The molecule has 0 heterocycles. The van der Waals surface area contributed by atoms with Crippen LogP contribution < -0.4 is 0 Å². The summed E-state index contributed by atoms with van der Waals surface area (Å²) in [6.45, 7) is 3.56. The van der Waals surface area contributed by atoms with Gasteiger partial charge in [0, 0.05) is 0 Å². The molecule has 0 bridgehead atoms. The fourth-order valence-electron chi connectivity index (χ4n) is 1.13. The number of hydrogen-bond donors (Lipinski definition) is 1. The van der Waals surface area contributed by atoms with Crippen molar-refractivity contribution < 1.29 is 5.11 Å². The summed E-state index contributed by atoms with van der Waals surface area (Å²) in [6.07, 6.45) is 0.967. The first-order chi connectivity index (χ1) is 6.10. The van der Waals surface area contributed by atoms with E-state index in [9.17, 15) is 5.11 Å². The number of benzene rings is 1. The van der Waals surface area contributed by atoms with E-state index >= 15 is 0 Å². The van der Waals surface area contributed by atoms with Crippen LogP contribution in [0.15, 0.2) is 24.3 Å². The molecule has 1 N–H and O–H groups in total. The molecule has 0 aromatic heterocycles. The first kappa shape index (κ1) is 9.76. The van der Waals surface area contributed by atoms with Gasteiger partial charge in [0.2, 0.25) is 0 Å². The van der Waals surface area contributed by atoms with E-state index in [2.05, 4.69) is 6.92 Å². The Bertz CT molecular complexity index is 319. The lowest BCUT2D eigenvalue weighted by molar-refractivity contribution is 0.119. The molecule has 0 aliphatic rings. The minimum absolute atomic E-state index is 0.646. The fraction of sp³-hybridized carbons (Fsp3) is 0.364. The summed E-state index contributed by atoms with van der Waals surface area (Å²) in [4.78, 5) is 0. The number of hydrogen-bond acceptors (Lipinski definition) is 2. The van der Waals surface area contributed by atoms with E-state index in [1.165, 1.54) is 12.5 Å². The van der Waals surface area contributed by atoms with E-state index in [-0.39, 0.29) is 0 Å². The summed E-state index contributed by atoms with van der Waals surface area (Å²) in [5.41, 5.74) is 0.483. The Morgan fingerprint density at radius 1 is 1.38 bits per heavy atom. The van der Waals surface area contributed by atoms with Crippen molar-refractivity contribution in [3.63, 3.8) is 0 Å². The highest BCUT2D eigenvalue weighted by molar-refractivity contribution is 5.30. The van der Waals surface area contributed by atoms with Crippen LogP contribution >= 0.6 is 0 Å². The summed E-state index contributed by atoms with van der Waals surface area (Å²) in [7, 11) is 0. The predicted octanol–water partition coefficient (Wildman–Crippen LogP) is 1.98.